The van der Waals surface area contributed by atoms with Gasteiger partial charge in [-0.2, -0.15) is 0 Å². The van der Waals surface area contributed by atoms with Crippen molar-refractivity contribution >= 4 is 17.7 Å². The molecule has 0 radical (unpaired) electrons. The van der Waals surface area contributed by atoms with Gasteiger partial charge in [-0.1, -0.05) is 37.7 Å². The molecule has 0 saturated heterocycles. The van der Waals surface area contributed by atoms with Crippen molar-refractivity contribution in [2.45, 2.75) is 36.7 Å². The van der Waals surface area contributed by atoms with Gasteiger partial charge >= 0.3 is 0 Å². The first-order chi connectivity index (χ1) is 12.5. The third-order valence-corrected chi connectivity index (χ3v) is 5.06. The fourth-order valence-electron chi connectivity index (χ4n) is 2.55. The van der Waals surface area contributed by atoms with Gasteiger partial charge in [0.2, 0.25) is 5.91 Å². The van der Waals surface area contributed by atoms with Crippen LogP contribution in [0.25, 0.3) is 0 Å². The summed E-state index contributed by atoms with van der Waals surface area (Å²) in [7, 11) is 0. The van der Waals surface area contributed by atoms with Gasteiger partial charge in [-0.25, -0.2) is 4.39 Å². The lowest BCUT2D eigenvalue weighted by Crippen LogP contribution is -2.20. The topological polar surface area (TPSA) is 86.9 Å². The molecule has 6 nitrogen and oxygen atoms in total. The van der Waals surface area contributed by atoms with Gasteiger partial charge in [-0.05, 0) is 29.8 Å². The molecule has 136 valence electrons. The number of aromatic nitrogens is 3. The van der Waals surface area contributed by atoms with Crippen molar-refractivity contribution in [1.29, 1.82) is 0 Å². The first-order valence-corrected chi connectivity index (χ1v) is 9.00. The van der Waals surface area contributed by atoms with Gasteiger partial charge in [0.05, 0.1) is 12.8 Å². The molecule has 0 aliphatic heterocycles. The number of nitrogens with zero attached hydrogens (tertiary/aromatic N) is 3. The van der Waals surface area contributed by atoms with Crippen LogP contribution in [-0.2, 0) is 11.3 Å². The minimum absolute atomic E-state index is 0.143. The summed E-state index contributed by atoms with van der Waals surface area (Å²) in [5, 5.41) is 8.35. The second-order valence-electron chi connectivity index (χ2n) is 6.11. The summed E-state index contributed by atoms with van der Waals surface area (Å²) in [5.74, 6) is 0.784. The minimum atomic E-state index is -0.699. The molecular weight excluding hydrogens is 355 g/mol. The maximum Gasteiger partial charge on any atom is 0.235 e. The Hall–Kier alpha value is -2.61. The second-order valence-corrected chi connectivity index (χ2v) is 7.19. The monoisotopic (exact) mass is 374 g/mol. The summed E-state index contributed by atoms with van der Waals surface area (Å²) < 4.78 is 20.5. The van der Waals surface area contributed by atoms with Gasteiger partial charge in [0.15, 0.2) is 5.16 Å². The molecule has 0 saturated carbocycles. The fourth-order valence-corrected chi connectivity index (χ4v) is 3.55. The van der Waals surface area contributed by atoms with Gasteiger partial charge in [-0.15, -0.1) is 10.2 Å². The minimum Gasteiger partial charge on any atom is -0.467 e. The van der Waals surface area contributed by atoms with Crippen LogP contribution in [0.3, 0.4) is 0 Å². The van der Waals surface area contributed by atoms with Crippen molar-refractivity contribution in [3.63, 3.8) is 0 Å². The smallest absolute Gasteiger partial charge is 0.235 e. The number of nitrogens with two attached hydrogens (primary N) is 1. The number of thioether (sulfide) groups is 1. The van der Waals surface area contributed by atoms with E-state index in [4.69, 9.17) is 10.2 Å². The Labute approximate surface area is 154 Å². The molecule has 0 bridgehead atoms. The van der Waals surface area contributed by atoms with Crippen LogP contribution in [0.2, 0.25) is 0 Å². The molecule has 3 rings (SSSR count). The molecule has 3 aromatic rings. The number of halogens is 1. The number of hydrogen-bond donors (Lipinski definition) is 1. The van der Waals surface area contributed by atoms with E-state index in [0.717, 1.165) is 11.6 Å². The van der Waals surface area contributed by atoms with E-state index in [1.54, 1.807) is 18.4 Å². The molecule has 0 aliphatic carbocycles. The summed E-state index contributed by atoms with van der Waals surface area (Å²) in [6.07, 6.45) is 1.60. The Balaban J connectivity index is 1.94. The number of amides is 1. The number of hydrogen-bond acceptors (Lipinski definition) is 5. The van der Waals surface area contributed by atoms with Crippen molar-refractivity contribution in [2.24, 2.45) is 5.73 Å². The zero-order valence-electron chi connectivity index (χ0n) is 14.4. The molecule has 2 aromatic heterocycles. The van der Waals surface area contributed by atoms with E-state index < -0.39 is 11.2 Å². The second kappa shape index (κ2) is 7.74. The fraction of sp³-hybridized carbons (Fsp3) is 0.278. The van der Waals surface area contributed by atoms with Gasteiger partial charge in [0.1, 0.15) is 22.7 Å². The Bertz CT molecular complexity index is 875. The van der Waals surface area contributed by atoms with Gasteiger partial charge in [0, 0.05) is 5.92 Å². The van der Waals surface area contributed by atoms with Crippen LogP contribution in [-0.4, -0.2) is 20.7 Å². The van der Waals surface area contributed by atoms with E-state index in [-0.39, 0.29) is 11.7 Å². The molecule has 0 fully saturated rings. The zero-order chi connectivity index (χ0) is 18.7. The number of carbonyl (C=O) groups is 1. The van der Waals surface area contributed by atoms with Crippen LogP contribution in [0.5, 0.6) is 0 Å². The molecule has 2 heterocycles. The summed E-state index contributed by atoms with van der Waals surface area (Å²) in [5.41, 5.74) is 6.19. The Morgan fingerprint density at radius 1 is 1.27 bits per heavy atom. The van der Waals surface area contributed by atoms with E-state index in [9.17, 15) is 9.18 Å². The van der Waals surface area contributed by atoms with Crippen LogP contribution in [0.1, 0.15) is 42.2 Å². The highest BCUT2D eigenvalue weighted by Crippen LogP contribution is 2.35. The average Bonchev–Trinajstić information content (AvgIpc) is 3.24. The average molecular weight is 374 g/mol. The molecule has 8 heteroatoms. The van der Waals surface area contributed by atoms with Crippen LogP contribution in [0.15, 0.2) is 52.2 Å². The van der Waals surface area contributed by atoms with Crippen molar-refractivity contribution < 1.29 is 13.6 Å². The number of rotatable bonds is 7. The highest BCUT2D eigenvalue weighted by atomic mass is 32.2. The van der Waals surface area contributed by atoms with Crippen molar-refractivity contribution in [3.05, 3.63) is 65.6 Å². The molecule has 1 amide bonds. The molecule has 0 aliphatic rings. The number of carbonyl (C=O) groups excluding carboxylic acids is 1. The highest BCUT2D eigenvalue weighted by molar-refractivity contribution is 8.00. The zero-order valence-corrected chi connectivity index (χ0v) is 15.2. The standard InChI is InChI=1S/C18H19FN4O2S/c1-11(2)17-21-22-18(23(17)10-14-4-3-9-25-14)26-15(16(20)24)12-5-7-13(19)8-6-12/h3-9,11,15H,10H2,1-2H3,(H2,20,24)/t15-/m1/s1. The Morgan fingerprint density at radius 2 is 2.00 bits per heavy atom. The lowest BCUT2D eigenvalue weighted by atomic mass is 10.1. The van der Waals surface area contributed by atoms with E-state index >= 15 is 0 Å². The van der Waals surface area contributed by atoms with E-state index in [2.05, 4.69) is 10.2 Å². The van der Waals surface area contributed by atoms with Crippen molar-refractivity contribution in [2.75, 3.05) is 0 Å². The van der Waals surface area contributed by atoms with Crippen LogP contribution >= 0.6 is 11.8 Å². The van der Waals surface area contributed by atoms with E-state index in [1.165, 1.54) is 23.9 Å². The first-order valence-electron chi connectivity index (χ1n) is 8.12. The SMILES string of the molecule is CC(C)c1nnc(S[C@@H](C(N)=O)c2ccc(F)cc2)n1Cc1ccco1. The van der Waals surface area contributed by atoms with Gasteiger partial charge in [0.25, 0.3) is 0 Å². The van der Waals surface area contributed by atoms with Crippen molar-refractivity contribution in [1.82, 2.24) is 14.8 Å². The summed E-state index contributed by atoms with van der Waals surface area (Å²) in [6, 6.07) is 9.39. The highest BCUT2D eigenvalue weighted by Gasteiger charge is 2.25. The van der Waals surface area contributed by atoms with Gasteiger partial charge < -0.3 is 10.2 Å². The molecule has 26 heavy (non-hydrogen) atoms. The molecule has 0 spiro atoms. The first kappa shape index (κ1) is 18.2. The predicted molar refractivity (Wildman–Crippen MR) is 96.1 cm³/mol. The number of furan rings is 1. The molecule has 1 atom stereocenters. The van der Waals surface area contributed by atoms with Crippen molar-refractivity contribution in [3.8, 4) is 0 Å². The number of primary amides is 1. The summed E-state index contributed by atoms with van der Waals surface area (Å²) in [6.45, 7) is 4.48. The number of benzene rings is 1. The Kier molecular flexibility index (Phi) is 5.41. The quantitative estimate of drug-likeness (QED) is 0.640. The summed E-state index contributed by atoms with van der Waals surface area (Å²) >= 11 is 1.19. The maximum atomic E-state index is 13.2. The largest absolute Gasteiger partial charge is 0.467 e. The van der Waals surface area contributed by atoms with E-state index in [1.807, 2.05) is 30.5 Å². The normalized spacial score (nSPS) is 12.5. The van der Waals surface area contributed by atoms with Gasteiger partial charge in [-0.3, -0.25) is 9.36 Å². The lowest BCUT2D eigenvalue weighted by molar-refractivity contribution is -0.117. The molecule has 2 N–H and O–H groups in total. The lowest BCUT2D eigenvalue weighted by Gasteiger charge is -2.15. The third kappa shape index (κ3) is 3.96. The predicted octanol–water partition coefficient (Wildman–Crippen LogP) is 3.50. The van der Waals surface area contributed by atoms with Crippen LogP contribution in [0.4, 0.5) is 4.39 Å². The molecular formula is C18H19FN4O2S. The maximum absolute atomic E-state index is 13.2. The third-order valence-electron chi connectivity index (χ3n) is 3.81. The molecule has 1 aromatic carbocycles. The van der Waals surface area contributed by atoms with E-state index in [0.29, 0.717) is 17.3 Å². The summed E-state index contributed by atoms with van der Waals surface area (Å²) in [4.78, 5) is 12.0. The van der Waals surface area contributed by atoms with Crippen LogP contribution < -0.4 is 5.73 Å². The molecule has 0 unspecified atom stereocenters. The van der Waals surface area contributed by atoms with Crippen LogP contribution in [0, 0.1) is 5.82 Å². The Morgan fingerprint density at radius 3 is 2.58 bits per heavy atom.